The van der Waals surface area contributed by atoms with E-state index in [0.717, 1.165) is 42.6 Å². The third-order valence-corrected chi connectivity index (χ3v) is 5.43. The molecule has 0 bridgehead atoms. The van der Waals surface area contributed by atoms with E-state index >= 15 is 0 Å². The van der Waals surface area contributed by atoms with Crippen molar-refractivity contribution in [2.24, 2.45) is 5.92 Å². The van der Waals surface area contributed by atoms with Gasteiger partial charge in [-0.05, 0) is 62.3 Å². The molecule has 0 spiro atoms. The SMILES string of the molecule is Cc1cccc(CNC(=O)CC[C@H]2CCCN(C(=O)Nc3cccc(C)c3)C2)c1. The standard InChI is InChI=1S/C24H31N3O2/c1-18-6-3-8-21(14-18)16-25-23(28)12-11-20-9-5-13-27(17-20)24(29)26-22-10-4-7-19(2)15-22/h3-4,6-8,10,14-15,20H,5,9,11-13,16-17H2,1-2H3,(H,25,28)(H,26,29)/t20-/m1/s1. The van der Waals surface area contributed by atoms with E-state index in [0.29, 0.717) is 25.4 Å². The molecule has 0 saturated carbocycles. The highest BCUT2D eigenvalue weighted by Gasteiger charge is 2.24. The lowest BCUT2D eigenvalue weighted by atomic mass is 9.93. The van der Waals surface area contributed by atoms with Gasteiger partial charge in [0.05, 0.1) is 0 Å². The van der Waals surface area contributed by atoms with Gasteiger partial charge in [0, 0.05) is 31.7 Å². The first kappa shape index (κ1) is 20.9. The first-order valence-corrected chi connectivity index (χ1v) is 10.4. The van der Waals surface area contributed by atoms with E-state index in [9.17, 15) is 9.59 Å². The minimum atomic E-state index is -0.0517. The summed E-state index contributed by atoms with van der Waals surface area (Å²) in [5, 5.41) is 5.99. The van der Waals surface area contributed by atoms with Crippen LogP contribution in [-0.4, -0.2) is 29.9 Å². The lowest BCUT2D eigenvalue weighted by molar-refractivity contribution is -0.121. The number of carbonyl (C=O) groups is 2. The van der Waals surface area contributed by atoms with Gasteiger partial charge in [-0.25, -0.2) is 4.79 Å². The highest BCUT2D eigenvalue weighted by molar-refractivity contribution is 5.89. The molecule has 1 saturated heterocycles. The molecule has 1 atom stereocenters. The summed E-state index contributed by atoms with van der Waals surface area (Å²) < 4.78 is 0. The molecule has 2 N–H and O–H groups in total. The van der Waals surface area contributed by atoms with Gasteiger partial charge in [0.2, 0.25) is 5.91 Å². The zero-order valence-electron chi connectivity index (χ0n) is 17.4. The van der Waals surface area contributed by atoms with Gasteiger partial charge in [-0.1, -0.05) is 42.0 Å². The number of carbonyl (C=O) groups excluding carboxylic acids is 2. The Hall–Kier alpha value is -2.82. The first-order valence-electron chi connectivity index (χ1n) is 10.4. The minimum Gasteiger partial charge on any atom is -0.352 e. The maximum Gasteiger partial charge on any atom is 0.321 e. The third kappa shape index (κ3) is 6.63. The molecule has 3 rings (SSSR count). The quantitative estimate of drug-likeness (QED) is 0.751. The summed E-state index contributed by atoms with van der Waals surface area (Å²) in [6.07, 6.45) is 3.37. The number of rotatable bonds is 6. The van der Waals surface area contributed by atoms with E-state index in [2.05, 4.69) is 29.7 Å². The number of likely N-dealkylation sites (tertiary alicyclic amines) is 1. The van der Waals surface area contributed by atoms with Gasteiger partial charge in [0.1, 0.15) is 0 Å². The predicted molar refractivity (Wildman–Crippen MR) is 117 cm³/mol. The van der Waals surface area contributed by atoms with Gasteiger partial charge in [-0.3, -0.25) is 4.79 Å². The van der Waals surface area contributed by atoms with Crippen molar-refractivity contribution in [3.8, 4) is 0 Å². The normalized spacial score (nSPS) is 16.3. The molecule has 1 heterocycles. The Morgan fingerprint density at radius 2 is 1.83 bits per heavy atom. The van der Waals surface area contributed by atoms with Crippen LogP contribution in [0, 0.1) is 19.8 Å². The van der Waals surface area contributed by atoms with Gasteiger partial charge < -0.3 is 15.5 Å². The highest BCUT2D eigenvalue weighted by atomic mass is 16.2. The topological polar surface area (TPSA) is 61.4 Å². The van der Waals surface area contributed by atoms with Crippen molar-refractivity contribution < 1.29 is 9.59 Å². The summed E-state index contributed by atoms with van der Waals surface area (Å²) in [4.78, 5) is 26.7. The zero-order chi connectivity index (χ0) is 20.6. The number of urea groups is 1. The fourth-order valence-corrected chi connectivity index (χ4v) is 3.86. The molecule has 1 fully saturated rings. The van der Waals surface area contributed by atoms with Crippen molar-refractivity contribution in [1.82, 2.24) is 10.2 Å². The molecule has 3 amide bonds. The number of hydrogen-bond donors (Lipinski definition) is 2. The lowest BCUT2D eigenvalue weighted by Gasteiger charge is -2.32. The first-order chi connectivity index (χ1) is 14.0. The average Bonchev–Trinajstić information content (AvgIpc) is 2.71. The molecular weight excluding hydrogens is 362 g/mol. The number of hydrogen-bond acceptors (Lipinski definition) is 2. The van der Waals surface area contributed by atoms with Crippen molar-refractivity contribution in [2.45, 2.75) is 46.1 Å². The van der Waals surface area contributed by atoms with Crippen LogP contribution in [0.25, 0.3) is 0 Å². The molecule has 0 aromatic heterocycles. The Morgan fingerprint density at radius 1 is 1.07 bits per heavy atom. The molecule has 5 heteroatoms. The van der Waals surface area contributed by atoms with Gasteiger partial charge in [0.15, 0.2) is 0 Å². The third-order valence-electron chi connectivity index (χ3n) is 5.43. The maximum atomic E-state index is 12.6. The smallest absolute Gasteiger partial charge is 0.321 e. The van der Waals surface area contributed by atoms with Crippen molar-refractivity contribution in [3.05, 3.63) is 65.2 Å². The van der Waals surface area contributed by atoms with E-state index in [1.54, 1.807) is 0 Å². The molecule has 2 aromatic rings. The van der Waals surface area contributed by atoms with Gasteiger partial charge >= 0.3 is 6.03 Å². The maximum absolute atomic E-state index is 12.6. The number of nitrogens with one attached hydrogen (secondary N) is 2. The number of piperidine rings is 1. The predicted octanol–water partition coefficient (Wildman–Crippen LogP) is 4.64. The monoisotopic (exact) mass is 393 g/mol. The Balaban J connectivity index is 1.42. The van der Waals surface area contributed by atoms with Crippen LogP contribution in [-0.2, 0) is 11.3 Å². The number of aryl methyl sites for hydroxylation is 2. The highest BCUT2D eigenvalue weighted by Crippen LogP contribution is 2.22. The van der Waals surface area contributed by atoms with E-state index in [-0.39, 0.29) is 11.9 Å². The molecule has 0 aliphatic carbocycles. The number of amides is 3. The largest absolute Gasteiger partial charge is 0.352 e. The number of anilines is 1. The molecule has 154 valence electrons. The van der Waals surface area contributed by atoms with Crippen LogP contribution in [0.15, 0.2) is 48.5 Å². The van der Waals surface area contributed by atoms with Gasteiger partial charge in [0.25, 0.3) is 0 Å². The van der Waals surface area contributed by atoms with Crippen LogP contribution in [0.5, 0.6) is 0 Å². The lowest BCUT2D eigenvalue weighted by Crippen LogP contribution is -2.42. The van der Waals surface area contributed by atoms with Crippen molar-refractivity contribution >= 4 is 17.6 Å². The van der Waals surface area contributed by atoms with Crippen molar-refractivity contribution in [1.29, 1.82) is 0 Å². The van der Waals surface area contributed by atoms with Crippen molar-refractivity contribution in [3.63, 3.8) is 0 Å². The summed E-state index contributed by atoms with van der Waals surface area (Å²) in [7, 11) is 0. The minimum absolute atomic E-state index is 0.0517. The van der Waals surface area contributed by atoms with E-state index in [4.69, 9.17) is 0 Å². The van der Waals surface area contributed by atoms with E-state index in [1.807, 2.05) is 48.2 Å². The van der Waals surface area contributed by atoms with Gasteiger partial charge in [-0.15, -0.1) is 0 Å². The van der Waals surface area contributed by atoms with Crippen LogP contribution in [0.3, 0.4) is 0 Å². The molecule has 0 radical (unpaired) electrons. The number of benzene rings is 2. The summed E-state index contributed by atoms with van der Waals surface area (Å²) in [6.45, 7) is 6.11. The number of nitrogens with zero attached hydrogens (tertiary/aromatic N) is 1. The van der Waals surface area contributed by atoms with E-state index < -0.39 is 0 Å². The van der Waals surface area contributed by atoms with Crippen LogP contribution in [0.1, 0.15) is 42.4 Å². The molecule has 29 heavy (non-hydrogen) atoms. The Bertz CT molecular complexity index is 850. The van der Waals surface area contributed by atoms with Crippen LogP contribution in [0.2, 0.25) is 0 Å². The molecule has 1 aliphatic rings. The fraction of sp³-hybridized carbons (Fsp3) is 0.417. The van der Waals surface area contributed by atoms with Crippen LogP contribution < -0.4 is 10.6 Å². The van der Waals surface area contributed by atoms with E-state index in [1.165, 1.54) is 5.56 Å². The molecule has 0 unspecified atom stereocenters. The summed E-state index contributed by atoms with van der Waals surface area (Å²) in [6, 6.07) is 16.0. The zero-order valence-corrected chi connectivity index (χ0v) is 17.4. The Labute approximate surface area is 173 Å². The molecular formula is C24H31N3O2. The second-order valence-corrected chi connectivity index (χ2v) is 8.06. The van der Waals surface area contributed by atoms with Crippen molar-refractivity contribution in [2.75, 3.05) is 18.4 Å². The van der Waals surface area contributed by atoms with Crippen LogP contribution >= 0.6 is 0 Å². The fourth-order valence-electron chi connectivity index (χ4n) is 3.86. The Kier molecular flexibility index (Phi) is 7.28. The average molecular weight is 394 g/mol. The summed E-state index contributed by atoms with van der Waals surface area (Å²) in [5.41, 5.74) is 4.27. The molecule has 1 aliphatic heterocycles. The Morgan fingerprint density at radius 3 is 2.59 bits per heavy atom. The molecule has 5 nitrogen and oxygen atoms in total. The second kappa shape index (κ2) is 10.1. The van der Waals surface area contributed by atoms with Crippen LogP contribution in [0.4, 0.5) is 10.5 Å². The van der Waals surface area contributed by atoms with Gasteiger partial charge in [-0.2, -0.15) is 0 Å². The molecule has 2 aromatic carbocycles. The summed E-state index contributed by atoms with van der Waals surface area (Å²) in [5.74, 6) is 0.449. The second-order valence-electron chi connectivity index (χ2n) is 8.06. The summed E-state index contributed by atoms with van der Waals surface area (Å²) >= 11 is 0.